The van der Waals surface area contributed by atoms with Gasteiger partial charge >= 0.3 is 5.97 Å². The van der Waals surface area contributed by atoms with Crippen LogP contribution in [-0.4, -0.2) is 48.8 Å². The molecule has 1 aromatic rings. The molecule has 0 amide bonds. The third-order valence-electron chi connectivity index (χ3n) is 4.40. The second-order valence-corrected chi connectivity index (χ2v) is 5.59. The number of ether oxygens (including phenoxy) is 1. The first kappa shape index (κ1) is 12.6. The van der Waals surface area contributed by atoms with Crippen molar-refractivity contribution in [2.24, 2.45) is 5.92 Å². The first-order chi connectivity index (χ1) is 9.16. The lowest BCUT2D eigenvalue weighted by Crippen LogP contribution is -2.44. The minimum atomic E-state index is -0.747. The normalized spacial score (nSPS) is 29.1. The maximum Gasteiger partial charge on any atom is 0.310 e. The summed E-state index contributed by atoms with van der Waals surface area (Å²) in [4.78, 5) is 13.3. The molecule has 0 radical (unpaired) electrons. The average Bonchev–Trinajstić information content (AvgIpc) is 2.85. The van der Waals surface area contributed by atoms with Crippen molar-refractivity contribution < 1.29 is 14.6 Å². The lowest BCUT2D eigenvalue weighted by Gasteiger charge is -2.36. The third-order valence-corrected chi connectivity index (χ3v) is 4.40. The van der Waals surface area contributed by atoms with Gasteiger partial charge in [0.15, 0.2) is 0 Å². The van der Waals surface area contributed by atoms with Gasteiger partial charge in [0.25, 0.3) is 0 Å². The molecule has 19 heavy (non-hydrogen) atoms. The van der Waals surface area contributed by atoms with Crippen LogP contribution in [0.3, 0.4) is 0 Å². The summed E-state index contributed by atoms with van der Waals surface area (Å²) in [7, 11) is 2.01. The summed E-state index contributed by atoms with van der Waals surface area (Å²) < 4.78 is 5.33. The van der Waals surface area contributed by atoms with Crippen molar-refractivity contribution in [1.82, 2.24) is 4.90 Å². The van der Waals surface area contributed by atoms with Gasteiger partial charge in [-0.3, -0.25) is 9.69 Å². The fourth-order valence-electron chi connectivity index (χ4n) is 3.22. The Hall–Kier alpha value is -1.39. The predicted octanol–water partition coefficient (Wildman–Crippen LogP) is 1.36. The number of benzene rings is 1. The van der Waals surface area contributed by atoms with Gasteiger partial charge in [0.05, 0.1) is 19.1 Å². The Balaban J connectivity index is 1.64. The summed E-state index contributed by atoms with van der Waals surface area (Å²) in [6, 6.07) is 8.50. The van der Waals surface area contributed by atoms with Gasteiger partial charge in [0.1, 0.15) is 0 Å². The fraction of sp³-hybridized carbons (Fsp3) is 0.533. The van der Waals surface area contributed by atoms with Crippen molar-refractivity contribution in [2.45, 2.75) is 18.4 Å². The van der Waals surface area contributed by atoms with Gasteiger partial charge in [-0.2, -0.15) is 0 Å². The minimum Gasteiger partial charge on any atom is -0.481 e. The van der Waals surface area contributed by atoms with Gasteiger partial charge in [-0.1, -0.05) is 24.3 Å². The van der Waals surface area contributed by atoms with Gasteiger partial charge < -0.3 is 9.84 Å². The Morgan fingerprint density at radius 2 is 2.21 bits per heavy atom. The Morgan fingerprint density at radius 1 is 1.42 bits per heavy atom. The zero-order valence-corrected chi connectivity index (χ0v) is 11.1. The number of hydrogen-bond acceptors (Lipinski definition) is 3. The Bertz CT molecular complexity index is 488. The summed E-state index contributed by atoms with van der Waals surface area (Å²) in [6.07, 6.45) is 1.10. The Morgan fingerprint density at radius 3 is 2.95 bits per heavy atom. The van der Waals surface area contributed by atoms with Crippen LogP contribution >= 0.6 is 0 Å². The third kappa shape index (κ3) is 2.26. The molecule has 102 valence electrons. The molecule has 3 atom stereocenters. The molecule has 0 saturated carbocycles. The molecular formula is C15H19NO3. The van der Waals surface area contributed by atoms with Crippen molar-refractivity contribution in [3.63, 3.8) is 0 Å². The molecule has 3 unspecified atom stereocenters. The zero-order chi connectivity index (χ0) is 13.4. The largest absolute Gasteiger partial charge is 0.481 e. The molecule has 1 aliphatic heterocycles. The monoisotopic (exact) mass is 261 g/mol. The molecule has 0 aromatic heterocycles. The van der Waals surface area contributed by atoms with Crippen LogP contribution in [0.5, 0.6) is 0 Å². The Labute approximate surface area is 113 Å². The van der Waals surface area contributed by atoms with Crippen molar-refractivity contribution in [2.75, 3.05) is 26.8 Å². The maximum absolute atomic E-state index is 11.2. The molecule has 4 heteroatoms. The van der Waals surface area contributed by atoms with Crippen LogP contribution < -0.4 is 0 Å². The van der Waals surface area contributed by atoms with Gasteiger partial charge in [-0.15, -0.1) is 0 Å². The second-order valence-electron chi connectivity index (χ2n) is 5.59. The number of nitrogens with zero attached hydrogens (tertiary/aromatic N) is 1. The van der Waals surface area contributed by atoms with Crippen LogP contribution in [-0.2, 0) is 16.0 Å². The van der Waals surface area contributed by atoms with E-state index in [1.54, 1.807) is 0 Å². The number of likely N-dealkylation sites (N-methyl/N-ethyl adjacent to an activating group) is 1. The number of carboxylic acid groups (broad SMARTS) is 1. The zero-order valence-electron chi connectivity index (χ0n) is 11.1. The fourth-order valence-corrected chi connectivity index (χ4v) is 3.22. The van der Waals surface area contributed by atoms with E-state index in [0.717, 1.165) is 13.0 Å². The summed E-state index contributed by atoms with van der Waals surface area (Å²) in [5.41, 5.74) is 2.85. The van der Waals surface area contributed by atoms with E-state index in [9.17, 15) is 9.90 Å². The number of carboxylic acids is 1. The van der Waals surface area contributed by atoms with E-state index in [1.165, 1.54) is 11.1 Å². The van der Waals surface area contributed by atoms with E-state index < -0.39 is 5.97 Å². The molecule has 1 aliphatic carbocycles. The van der Waals surface area contributed by atoms with Crippen LogP contribution in [0.15, 0.2) is 24.3 Å². The predicted molar refractivity (Wildman–Crippen MR) is 71.2 cm³/mol. The molecule has 4 nitrogen and oxygen atoms in total. The molecule has 1 saturated heterocycles. The van der Waals surface area contributed by atoms with E-state index >= 15 is 0 Å². The Kier molecular flexibility index (Phi) is 3.29. The van der Waals surface area contributed by atoms with Crippen molar-refractivity contribution in [3.8, 4) is 0 Å². The SMILES string of the molecule is CN(CC1Cc2ccccc21)C1COCC1C(=O)O. The van der Waals surface area contributed by atoms with Crippen LogP contribution in [0.4, 0.5) is 0 Å². The van der Waals surface area contributed by atoms with Crippen molar-refractivity contribution >= 4 is 5.97 Å². The lowest BCUT2D eigenvalue weighted by molar-refractivity contribution is -0.143. The summed E-state index contributed by atoms with van der Waals surface area (Å²) in [6.45, 7) is 1.78. The van der Waals surface area contributed by atoms with E-state index in [2.05, 4.69) is 29.2 Å². The van der Waals surface area contributed by atoms with Gasteiger partial charge in [-0.25, -0.2) is 0 Å². The van der Waals surface area contributed by atoms with E-state index in [1.807, 2.05) is 7.05 Å². The van der Waals surface area contributed by atoms with Crippen LogP contribution in [0.1, 0.15) is 17.0 Å². The standard InChI is InChI=1S/C15H19NO3/c1-16(14-9-19-8-13(14)15(17)18)7-11-6-10-4-2-3-5-12(10)11/h2-5,11,13-14H,6-9H2,1H3,(H,17,18). The molecule has 1 aromatic carbocycles. The average molecular weight is 261 g/mol. The van der Waals surface area contributed by atoms with Crippen LogP contribution in [0.25, 0.3) is 0 Å². The van der Waals surface area contributed by atoms with Gasteiger partial charge in [0.2, 0.25) is 0 Å². The number of hydrogen-bond donors (Lipinski definition) is 1. The minimum absolute atomic E-state index is 0.00487. The highest BCUT2D eigenvalue weighted by atomic mass is 16.5. The quantitative estimate of drug-likeness (QED) is 0.889. The van der Waals surface area contributed by atoms with Crippen LogP contribution in [0, 0.1) is 5.92 Å². The number of fused-ring (bicyclic) bond motifs is 1. The van der Waals surface area contributed by atoms with Crippen LogP contribution in [0.2, 0.25) is 0 Å². The first-order valence-corrected chi connectivity index (χ1v) is 6.75. The summed E-state index contributed by atoms with van der Waals surface area (Å²) in [5, 5.41) is 9.19. The first-order valence-electron chi connectivity index (χ1n) is 6.75. The molecule has 0 spiro atoms. The van der Waals surface area contributed by atoms with E-state index in [4.69, 9.17) is 4.74 Å². The maximum atomic E-state index is 11.2. The lowest BCUT2D eigenvalue weighted by atomic mass is 9.77. The van der Waals surface area contributed by atoms with Gasteiger partial charge in [-0.05, 0) is 24.6 Å². The molecular weight excluding hydrogens is 242 g/mol. The highest BCUT2D eigenvalue weighted by Gasteiger charge is 2.38. The summed E-state index contributed by atoms with van der Waals surface area (Å²) in [5.74, 6) is -0.597. The molecule has 2 aliphatic rings. The van der Waals surface area contributed by atoms with Crippen molar-refractivity contribution in [3.05, 3.63) is 35.4 Å². The highest BCUT2D eigenvalue weighted by Crippen LogP contribution is 2.36. The smallest absolute Gasteiger partial charge is 0.310 e. The second kappa shape index (κ2) is 4.94. The van der Waals surface area contributed by atoms with Crippen molar-refractivity contribution in [1.29, 1.82) is 0 Å². The highest BCUT2D eigenvalue weighted by molar-refractivity contribution is 5.71. The molecule has 1 fully saturated rings. The van der Waals surface area contributed by atoms with Gasteiger partial charge in [0, 0.05) is 18.5 Å². The molecule has 3 rings (SSSR count). The van der Waals surface area contributed by atoms with E-state index in [0.29, 0.717) is 19.1 Å². The summed E-state index contributed by atoms with van der Waals surface area (Å²) >= 11 is 0. The van der Waals surface area contributed by atoms with E-state index in [-0.39, 0.29) is 12.0 Å². The molecule has 1 N–H and O–H groups in total. The topological polar surface area (TPSA) is 49.8 Å². The molecule has 0 bridgehead atoms. The number of aliphatic carboxylic acids is 1. The number of carbonyl (C=O) groups is 1. The number of rotatable bonds is 4. The molecule has 1 heterocycles.